The highest BCUT2D eigenvalue weighted by molar-refractivity contribution is 4.88. The van der Waals surface area contributed by atoms with Crippen LogP contribution in [-0.4, -0.2) is 13.7 Å². The standard InChI is InChI=1S/C16H23N3O3/c1-6-9-17-14(20)18(10-7-2)16(22)19(15(17)21)13(5)11-12(4)8-3/h6-8,12-13H,1-3,9-11H2,4-5H3. The van der Waals surface area contributed by atoms with Gasteiger partial charge in [-0.05, 0) is 19.3 Å². The van der Waals surface area contributed by atoms with Gasteiger partial charge in [-0.15, -0.1) is 19.7 Å². The quantitative estimate of drug-likeness (QED) is 0.680. The van der Waals surface area contributed by atoms with E-state index in [-0.39, 0.29) is 25.0 Å². The Hall–Kier alpha value is -2.37. The van der Waals surface area contributed by atoms with Gasteiger partial charge >= 0.3 is 17.1 Å². The molecule has 0 N–H and O–H groups in total. The monoisotopic (exact) mass is 305 g/mol. The van der Waals surface area contributed by atoms with Crippen LogP contribution in [0.4, 0.5) is 0 Å². The maximum Gasteiger partial charge on any atom is 0.336 e. The average molecular weight is 305 g/mol. The lowest BCUT2D eigenvalue weighted by Crippen LogP contribution is -2.55. The summed E-state index contributed by atoms with van der Waals surface area (Å²) < 4.78 is 3.13. The van der Waals surface area contributed by atoms with E-state index in [1.54, 1.807) is 13.0 Å². The molecule has 1 heterocycles. The van der Waals surface area contributed by atoms with Crippen LogP contribution in [0.3, 0.4) is 0 Å². The van der Waals surface area contributed by atoms with Crippen LogP contribution in [0.1, 0.15) is 26.3 Å². The third kappa shape index (κ3) is 3.44. The summed E-state index contributed by atoms with van der Waals surface area (Å²) >= 11 is 0. The molecule has 0 amide bonds. The van der Waals surface area contributed by atoms with E-state index in [0.717, 1.165) is 13.7 Å². The number of hydrogen-bond acceptors (Lipinski definition) is 3. The summed E-state index contributed by atoms with van der Waals surface area (Å²) in [6.45, 7) is 14.6. The van der Waals surface area contributed by atoms with Crippen LogP contribution in [0.25, 0.3) is 0 Å². The van der Waals surface area contributed by atoms with Crippen LogP contribution >= 0.6 is 0 Å². The van der Waals surface area contributed by atoms with Crippen LogP contribution in [0, 0.1) is 5.92 Å². The Bertz CT molecular complexity index is 688. The van der Waals surface area contributed by atoms with Crippen molar-refractivity contribution in [2.45, 2.75) is 39.4 Å². The molecule has 0 aliphatic heterocycles. The van der Waals surface area contributed by atoms with Crippen molar-refractivity contribution in [3.63, 3.8) is 0 Å². The van der Waals surface area contributed by atoms with Gasteiger partial charge in [-0.1, -0.05) is 25.2 Å². The molecule has 2 unspecified atom stereocenters. The zero-order valence-electron chi connectivity index (χ0n) is 13.2. The topological polar surface area (TPSA) is 66.0 Å². The Morgan fingerprint density at radius 3 is 1.73 bits per heavy atom. The van der Waals surface area contributed by atoms with Gasteiger partial charge in [0.1, 0.15) is 0 Å². The predicted molar refractivity (Wildman–Crippen MR) is 88.3 cm³/mol. The second-order valence-corrected chi connectivity index (χ2v) is 5.31. The van der Waals surface area contributed by atoms with E-state index < -0.39 is 17.1 Å². The molecular formula is C16H23N3O3. The van der Waals surface area contributed by atoms with Crippen molar-refractivity contribution in [1.82, 2.24) is 13.7 Å². The molecule has 6 nitrogen and oxygen atoms in total. The summed E-state index contributed by atoms with van der Waals surface area (Å²) in [5.41, 5.74) is -1.87. The van der Waals surface area contributed by atoms with Crippen molar-refractivity contribution >= 4 is 0 Å². The van der Waals surface area contributed by atoms with E-state index in [1.807, 2.05) is 6.92 Å². The van der Waals surface area contributed by atoms with Gasteiger partial charge in [0.05, 0.1) is 13.1 Å². The van der Waals surface area contributed by atoms with Crippen molar-refractivity contribution in [3.8, 4) is 0 Å². The fourth-order valence-electron chi connectivity index (χ4n) is 2.34. The minimum Gasteiger partial charge on any atom is -0.247 e. The van der Waals surface area contributed by atoms with Crippen LogP contribution in [0.5, 0.6) is 0 Å². The molecule has 0 aromatic carbocycles. The van der Waals surface area contributed by atoms with Gasteiger partial charge in [0.2, 0.25) is 0 Å². The molecule has 0 fully saturated rings. The molecule has 0 saturated carbocycles. The fourth-order valence-corrected chi connectivity index (χ4v) is 2.34. The maximum absolute atomic E-state index is 12.5. The van der Waals surface area contributed by atoms with Gasteiger partial charge in [-0.3, -0.25) is 0 Å². The molecular weight excluding hydrogens is 282 g/mol. The Morgan fingerprint density at radius 2 is 1.36 bits per heavy atom. The predicted octanol–water partition coefficient (Wildman–Crippen LogP) is 1.32. The highest BCUT2D eigenvalue weighted by Gasteiger charge is 2.19. The van der Waals surface area contributed by atoms with Crippen LogP contribution in [0.2, 0.25) is 0 Å². The lowest BCUT2D eigenvalue weighted by atomic mass is 10.0. The molecule has 1 aromatic rings. The molecule has 0 spiro atoms. The maximum atomic E-state index is 12.5. The molecule has 0 radical (unpaired) electrons. The average Bonchev–Trinajstić information content (AvgIpc) is 2.47. The van der Waals surface area contributed by atoms with Gasteiger partial charge in [0, 0.05) is 6.04 Å². The van der Waals surface area contributed by atoms with Crippen molar-refractivity contribution in [3.05, 3.63) is 69.4 Å². The lowest BCUT2D eigenvalue weighted by molar-refractivity contribution is 0.381. The minimum absolute atomic E-state index is 0.0544. The van der Waals surface area contributed by atoms with Crippen molar-refractivity contribution in [2.75, 3.05) is 0 Å². The van der Waals surface area contributed by atoms with Crippen LogP contribution < -0.4 is 17.1 Å². The smallest absolute Gasteiger partial charge is 0.247 e. The molecule has 120 valence electrons. The highest BCUT2D eigenvalue weighted by atomic mass is 16.2. The molecule has 0 bridgehead atoms. The minimum atomic E-state index is -0.644. The normalized spacial score (nSPS) is 13.4. The summed E-state index contributed by atoms with van der Waals surface area (Å²) in [6.07, 6.45) is 5.25. The number of nitrogens with zero attached hydrogens (tertiary/aromatic N) is 3. The van der Waals surface area contributed by atoms with E-state index >= 15 is 0 Å². The van der Waals surface area contributed by atoms with Crippen molar-refractivity contribution < 1.29 is 0 Å². The molecule has 2 atom stereocenters. The molecule has 1 rings (SSSR count). The summed E-state index contributed by atoms with van der Waals surface area (Å²) in [4.78, 5) is 37.2. The summed E-state index contributed by atoms with van der Waals surface area (Å²) in [5.74, 6) is 0.147. The zero-order chi connectivity index (χ0) is 16.9. The van der Waals surface area contributed by atoms with E-state index in [4.69, 9.17) is 0 Å². The first-order chi connectivity index (χ1) is 10.4. The Morgan fingerprint density at radius 1 is 0.909 bits per heavy atom. The second-order valence-electron chi connectivity index (χ2n) is 5.31. The third-order valence-electron chi connectivity index (χ3n) is 3.52. The van der Waals surface area contributed by atoms with Gasteiger partial charge in [0.15, 0.2) is 0 Å². The first kappa shape index (κ1) is 17.7. The summed E-state index contributed by atoms with van der Waals surface area (Å²) in [6, 6.07) is -0.347. The van der Waals surface area contributed by atoms with E-state index in [2.05, 4.69) is 19.7 Å². The molecule has 6 heteroatoms. The van der Waals surface area contributed by atoms with Crippen LogP contribution in [0.15, 0.2) is 52.3 Å². The molecule has 0 aliphatic carbocycles. The SMILES string of the molecule is C=CCn1c(=O)n(CC=C)c(=O)n(C(C)CC(C)C=C)c1=O. The van der Waals surface area contributed by atoms with E-state index in [0.29, 0.717) is 6.42 Å². The van der Waals surface area contributed by atoms with Gasteiger partial charge in [0.25, 0.3) is 0 Å². The Balaban J connectivity index is 3.62. The third-order valence-corrected chi connectivity index (χ3v) is 3.52. The van der Waals surface area contributed by atoms with E-state index in [1.165, 1.54) is 12.2 Å². The first-order valence-corrected chi connectivity index (χ1v) is 7.19. The summed E-state index contributed by atoms with van der Waals surface area (Å²) in [7, 11) is 0. The van der Waals surface area contributed by atoms with Crippen molar-refractivity contribution in [1.29, 1.82) is 0 Å². The number of rotatable bonds is 8. The van der Waals surface area contributed by atoms with Crippen LogP contribution in [-0.2, 0) is 13.1 Å². The number of allylic oxidation sites excluding steroid dienone is 3. The molecule has 0 aliphatic rings. The molecule has 22 heavy (non-hydrogen) atoms. The Labute approximate surface area is 129 Å². The van der Waals surface area contributed by atoms with Crippen molar-refractivity contribution in [2.24, 2.45) is 5.92 Å². The van der Waals surface area contributed by atoms with Gasteiger partial charge in [-0.2, -0.15) is 0 Å². The number of hydrogen-bond donors (Lipinski definition) is 0. The fraction of sp³-hybridized carbons (Fsp3) is 0.438. The molecule has 1 aromatic heterocycles. The molecule has 0 saturated heterocycles. The van der Waals surface area contributed by atoms with Gasteiger partial charge in [-0.25, -0.2) is 28.1 Å². The zero-order valence-corrected chi connectivity index (χ0v) is 13.2. The lowest BCUT2D eigenvalue weighted by Gasteiger charge is -2.19. The van der Waals surface area contributed by atoms with Gasteiger partial charge < -0.3 is 0 Å². The summed E-state index contributed by atoms with van der Waals surface area (Å²) in [5, 5.41) is 0. The Kier molecular flexibility index (Phi) is 6.10. The van der Waals surface area contributed by atoms with E-state index in [9.17, 15) is 14.4 Å². The number of aromatic nitrogens is 3. The highest BCUT2D eigenvalue weighted by Crippen LogP contribution is 2.14. The first-order valence-electron chi connectivity index (χ1n) is 7.19. The largest absolute Gasteiger partial charge is 0.336 e. The second kappa shape index (κ2) is 7.59.